The van der Waals surface area contributed by atoms with Crippen LogP contribution in [0.3, 0.4) is 0 Å². The van der Waals surface area contributed by atoms with Gasteiger partial charge >= 0.3 is 11.9 Å². The largest absolute Gasteiger partial charge is 0.481 e. The molecule has 1 unspecified atom stereocenters. The van der Waals surface area contributed by atoms with Gasteiger partial charge in [0.2, 0.25) is 0 Å². The molecule has 1 rings (SSSR count). The maximum atomic E-state index is 11.4. The van der Waals surface area contributed by atoms with Gasteiger partial charge in [0.05, 0.1) is 7.11 Å². The van der Waals surface area contributed by atoms with Crippen LogP contribution >= 0.6 is 0 Å². The minimum absolute atomic E-state index is 0.162. The lowest BCUT2D eigenvalue weighted by Crippen LogP contribution is -2.27. The minimum atomic E-state index is -1.15. The summed E-state index contributed by atoms with van der Waals surface area (Å²) in [6.45, 7) is 3.82. The van der Waals surface area contributed by atoms with Crippen molar-refractivity contribution in [2.24, 2.45) is 5.92 Å². The molecule has 1 aromatic carbocycles. The zero-order valence-electron chi connectivity index (χ0n) is 10.2. The summed E-state index contributed by atoms with van der Waals surface area (Å²) in [6, 6.07) is 5.77. The quantitative estimate of drug-likeness (QED) is 0.638. The number of aryl methyl sites for hydroxylation is 2. The number of carboxylic acids is 1. The molecule has 92 valence electrons. The van der Waals surface area contributed by atoms with Crippen molar-refractivity contribution in [3.05, 3.63) is 34.9 Å². The Balaban J connectivity index is 2.97. The fourth-order valence-electron chi connectivity index (χ4n) is 1.65. The second-order valence-corrected chi connectivity index (χ2v) is 4.05. The van der Waals surface area contributed by atoms with Crippen LogP contribution in [0.2, 0.25) is 0 Å². The summed E-state index contributed by atoms with van der Waals surface area (Å²) in [4.78, 5) is 22.4. The zero-order valence-corrected chi connectivity index (χ0v) is 10.2. The van der Waals surface area contributed by atoms with Gasteiger partial charge in [0, 0.05) is 0 Å². The smallest absolute Gasteiger partial charge is 0.320 e. The molecular weight excluding hydrogens is 220 g/mol. The van der Waals surface area contributed by atoms with Crippen LogP contribution in [0.15, 0.2) is 18.2 Å². The first kappa shape index (κ1) is 13.2. The number of methoxy groups -OCH3 is 1. The van der Waals surface area contributed by atoms with Crippen molar-refractivity contribution in [3.8, 4) is 0 Å². The standard InChI is InChI=1S/C13H16O4/c1-8-4-5-9(2)10(6-8)7-11(12(14)15)13(16)17-3/h4-6,11H,7H2,1-3H3,(H,14,15). The van der Waals surface area contributed by atoms with E-state index in [-0.39, 0.29) is 6.42 Å². The van der Waals surface area contributed by atoms with E-state index in [1.54, 1.807) is 0 Å². The lowest BCUT2D eigenvalue weighted by molar-refractivity contribution is -0.156. The van der Waals surface area contributed by atoms with Crippen molar-refractivity contribution in [2.45, 2.75) is 20.3 Å². The molecule has 0 amide bonds. The number of benzene rings is 1. The summed E-state index contributed by atoms with van der Waals surface area (Å²) >= 11 is 0. The summed E-state index contributed by atoms with van der Waals surface area (Å²) in [5.74, 6) is -3.00. The average Bonchev–Trinajstić information content (AvgIpc) is 2.28. The Kier molecular flexibility index (Phi) is 4.26. The molecule has 1 N–H and O–H groups in total. The minimum Gasteiger partial charge on any atom is -0.481 e. The normalized spacial score (nSPS) is 11.9. The summed E-state index contributed by atoms with van der Waals surface area (Å²) in [6.07, 6.45) is 0.162. The molecule has 0 aliphatic carbocycles. The number of carbonyl (C=O) groups is 2. The fraction of sp³-hybridized carbons (Fsp3) is 0.385. The van der Waals surface area contributed by atoms with Gasteiger partial charge < -0.3 is 9.84 Å². The van der Waals surface area contributed by atoms with Crippen LogP contribution in [0.25, 0.3) is 0 Å². The van der Waals surface area contributed by atoms with Gasteiger partial charge in [-0.1, -0.05) is 23.8 Å². The number of esters is 1. The molecule has 0 aliphatic heterocycles. The van der Waals surface area contributed by atoms with Gasteiger partial charge in [0.25, 0.3) is 0 Å². The van der Waals surface area contributed by atoms with Crippen molar-refractivity contribution >= 4 is 11.9 Å². The van der Waals surface area contributed by atoms with Gasteiger partial charge in [0.1, 0.15) is 0 Å². The first-order valence-electron chi connectivity index (χ1n) is 5.32. The highest BCUT2D eigenvalue weighted by molar-refractivity contribution is 5.94. The van der Waals surface area contributed by atoms with E-state index in [1.165, 1.54) is 7.11 Å². The fourth-order valence-corrected chi connectivity index (χ4v) is 1.65. The lowest BCUT2D eigenvalue weighted by Gasteiger charge is -2.12. The molecule has 0 radical (unpaired) electrons. The van der Waals surface area contributed by atoms with Crippen molar-refractivity contribution < 1.29 is 19.4 Å². The summed E-state index contributed by atoms with van der Waals surface area (Å²) in [5.41, 5.74) is 2.88. The highest BCUT2D eigenvalue weighted by Gasteiger charge is 2.27. The molecule has 17 heavy (non-hydrogen) atoms. The lowest BCUT2D eigenvalue weighted by atomic mass is 9.95. The van der Waals surface area contributed by atoms with Gasteiger partial charge in [-0.15, -0.1) is 0 Å². The monoisotopic (exact) mass is 236 g/mol. The number of hydrogen-bond acceptors (Lipinski definition) is 3. The Bertz CT molecular complexity index is 437. The molecule has 0 fully saturated rings. The van der Waals surface area contributed by atoms with Crippen LogP contribution in [0.1, 0.15) is 16.7 Å². The Hall–Kier alpha value is -1.84. The predicted octanol–water partition coefficient (Wildman–Crippen LogP) is 1.72. The van der Waals surface area contributed by atoms with Gasteiger partial charge in [-0.2, -0.15) is 0 Å². The molecule has 1 aromatic rings. The third kappa shape index (κ3) is 3.31. The predicted molar refractivity (Wildman–Crippen MR) is 62.8 cm³/mol. The van der Waals surface area contributed by atoms with Crippen LogP contribution in [0, 0.1) is 19.8 Å². The number of carboxylic acid groups (broad SMARTS) is 1. The third-order valence-electron chi connectivity index (χ3n) is 2.71. The van der Waals surface area contributed by atoms with Crippen LogP contribution in [0.5, 0.6) is 0 Å². The third-order valence-corrected chi connectivity index (χ3v) is 2.71. The van der Waals surface area contributed by atoms with Crippen LogP contribution in [-0.4, -0.2) is 24.2 Å². The molecule has 4 nitrogen and oxygen atoms in total. The molecule has 1 atom stereocenters. The highest BCUT2D eigenvalue weighted by atomic mass is 16.5. The number of hydrogen-bond donors (Lipinski definition) is 1. The molecule has 0 saturated carbocycles. The van der Waals surface area contributed by atoms with Crippen LogP contribution in [-0.2, 0) is 20.7 Å². The Morgan fingerprint density at radius 2 is 2.00 bits per heavy atom. The number of ether oxygens (including phenoxy) is 1. The molecular formula is C13H16O4. The van der Waals surface area contributed by atoms with E-state index >= 15 is 0 Å². The Labute approximate surface area is 100 Å². The maximum Gasteiger partial charge on any atom is 0.320 e. The second kappa shape index (κ2) is 5.48. The average molecular weight is 236 g/mol. The van der Waals surface area contributed by atoms with E-state index in [4.69, 9.17) is 5.11 Å². The van der Waals surface area contributed by atoms with Crippen molar-refractivity contribution in [2.75, 3.05) is 7.11 Å². The number of rotatable bonds is 4. The van der Waals surface area contributed by atoms with Gasteiger partial charge in [0.15, 0.2) is 5.92 Å². The molecule has 0 heterocycles. The summed E-state index contributed by atoms with van der Waals surface area (Å²) < 4.78 is 4.50. The molecule has 4 heteroatoms. The molecule has 0 spiro atoms. The van der Waals surface area contributed by atoms with Crippen molar-refractivity contribution in [3.63, 3.8) is 0 Å². The van der Waals surface area contributed by atoms with Gasteiger partial charge in [-0.3, -0.25) is 9.59 Å². The Morgan fingerprint density at radius 3 is 2.53 bits per heavy atom. The first-order valence-corrected chi connectivity index (χ1v) is 5.32. The SMILES string of the molecule is COC(=O)C(Cc1cc(C)ccc1C)C(=O)O. The topological polar surface area (TPSA) is 63.6 Å². The Morgan fingerprint density at radius 1 is 1.35 bits per heavy atom. The zero-order chi connectivity index (χ0) is 13.0. The van der Waals surface area contributed by atoms with E-state index in [0.717, 1.165) is 16.7 Å². The van der Waals surface area contributed by atoms with E-state index in [9.17, 15) is 9.59 Å². The van der Waals surface area contributed by atoms with Gasteiger partial charge in [-0.05, 0) is 31.4 Å². The molecule has 0 aromatic heterocycles. The van der Waals surface area contributed by atoms with E-state index in [0.29, 0.717) is 0 Å². The molecule has 0 aliphatic rings. The van der Waals surface area contributed by atoms with Crippen molar-refractivity contribution in [1.82, 2.24) is 0 Å². The summed E-state index contributed by atoms with van der Waals surface area (Å²) in [5, 5.41) is 9.00. The molecule has 0 saturated heterocycles. The van der Waals surface area contributed by atoms with Crippen LogP contribution < -0.4 is 0 Å². The first-order chi connectivity index (χ1) is 7.95. The van der Waals surface area contributed by atoms with Crippen molar-refractivity contribution in [1.29, 1.82) is 0 Å². The van der Waals surface area contributed by atoms with Gasteiger partial charge in [-0.25, -0.2) is 0 Å². The number of aliphatic carboxylic acids is 1. The van der Waals surface area contributed by atoms with E-state index in [1.807, 2.05) is 32.0 Å². The summed E-state index contributed by atoms with van der Waals surface area (Å²) in [7, 11) is 1.20. The van der Waals surface area contributed by atoms with E-state index < -0.39 is 17.9 Å². The highest BCUT2D eigenvalue weighted by Crippen LogP contribution is 2.16. The van der Waals surface area contributed by atoms with Crippen LogP contribution in [0.4, 0.5) is 0 Å². The number of carbonyl (C=O) groups excluding carboxylic acids is 1. The molecule has 0 bridgehead atoms. The maximum absolute atomic E-state index is 11.4. The van der Waals surface area contributed by atoms with E-state index in [2.05, 4.69) is 4.74 Å². The second-order valence-electron chi connectivity index (χ2n) is 4.05.